The van der Waals surface area contributed by atoms with Crippen molar-refractivity contribution in [1.82, 2.24) is 9.88 Å². The molecule has 1 aromatic heterocycles. The molecule has 0 saturated carbocycles. The smallest absolute Gasteiger partial charge is 0.257 e. The Hall–Kier alpha value is -1.14. The van der Waals surface area contributed by atoms with Crippen molar-refractivity contribution < 1.29 is 9.53 Å². The fourth-order valence-electron chi connectivity index (χ4n) is 1.56. The van der Waals surface area contributed by atoms with E-state index in [1.807, 2.05) is 0 Å². The molecular weight excluding hydrogens is 274 g/mol. The van der Waals surface area contributed by atoms with E-state index in [-0.39, 0.29) is 11.7 Å². The Morgan fingerprint density at radius 1 is 1.50 bits per heavy atom. The number of aromatic nitrogens is 1. The summed E-state index contributed by atoms with van der Waals surface area (Å²) in [6.45, 7) is 2.36. The Morgan fingerprint density at radius 2 is 2.19 bits per heavy atom. The van der Waals surface area contributed by atoms with Gasteiger partial charge in [-0.15, -0.1) is 0 Å². The van der Waals surface area contributed by atoms with Gasteiger partial charge in [-0.25, -0.2) is 4.98 Å². The number of halogens is 1. The highest BCUT2D eigenvalue weighted by Crippen LogP contribution is 2.17. The maximum atomic E-state index is 12.1. The fraction of sp³-hybridized carbons (Fsp3) is 0.400. The number of hydrogen-bond donors (Lipinski definition) is 1. The molecule has 1 aromatic rings. The number of ether oxygens (including phenoxy) is 1. The van der Waals surface area contributed by atoms with Crippen molar-refractivity contribution >= 4 is 27.7 Å². The van der Waals surface area contributed by atoms with Gasteiger partial charge >= 0.3 is 0 Å². The Labute approximate surface area is 102 Å². The SMILES string of the molecule is Nc1ncc(Br)cc1C(=O)N1CCOCC1. The van der Waals surface area contributed by atoms with Gasteiger partial charge in [-0.2, -0.15) is 0 Å². The van der Waals surface area contributed by atoms with Crippen LogP contribution in [0, 0.1) is 0 Å². The van der Waals surface area contributed by atoms with Crippen molar-refractivity contribution in [3.05, 3.63) is 22.3 Å². The lowest BCUT2D eigenvalue weighted by molar-refractivity contribution is 0.0303. The van der Waals surface area contributed by atoms with E-state index >= 15 is 0 Å². The molecule has 2 heterocycles. The molecule has 1 amide bonds. The Morgan fingerprint density at radius 3 is 2.88 bits per heavy atom. The first-order valence-corrected chi connectivity index (χ1v) is 5.76. The topological polar surface area (TPSA) is 68.5 Å². The second kappa shape index (κ2) is 4.80. The van der Waals surface area contributed by atoms with Crippen molar-refractivity contribution in [2.75, 3.05) is 32.0 Å². The zero-order valence-electron chi connectivity index (χ0n) is 8.65. The summed E-state index contributed by atoms with van der Waals surface area (Å²) in [4.78, 5) is 17.8. The summed E-state index contributed by atoms with van der Waals surface area (Å²) in [6, 6.07) is 1.69. The minimum atomic E-state index is -0.0883. The van der Waals surface area contributed by atoms with Gasteiger partial charge in [0.2, 0.25) is 0 Å². The zero-order valence-corrected chi connectivity index (χ0v) is 10.2. The van der Waals surface area contributed by atoms with Crippen LogP contribution in [-0.2, 0) is 4.74 Å². The van der Waals surface area contributed by atoms with Crippen LogP contribution in [0.25, 0.3) is 0 Å². The van der Waals surface area contributed by atoms with Crippen LogP contribution >= 0.6 is 15.9 Å². The molecule has 2 N–H and O–H groups in total. The molecule has 5 nitrogen and oxygen atoms in total. The number of morpholine rings is 1. The van der Waals surface area contributed by atoms with Gasteiger partial charge in [0.05, 0.1) is 18.8 Å². The highest BCUT2D eigenvalue weighted by Gasteiger charge is 2.21. The van der Waals surface area contributed by atoms with Gasteiger partial charge in [-0.3, -0.25) is 4.79 Å². The lowest BCUT2D eigenvalue weighted by Crippen LogP contribution is -2.41. The third-order valence-corrected chi connectivity index (χ3v) is 2.85. The number of nitrogens with two attached hydrogens (primary N) is 1. The van der Waals surface area contributed by atoms with Crippen LogP contribution in [-0.4, -0.2) is 42.1 Å². The second-order valence-electron chi connectivity index (χ2n) is 3.49. The van der Waals surface area contributed by atoms with Crippen LogP contribution < -0.4 is 5.73 Å². The van der Waals surface area contributed by atoms with E-state index in [0.717, 1.165) is 4.47 Å². The van der Waals surface area contributed by atoms with Gasteiger partial charge in [-0.05, 0) is 22.0 Å². The van der Waals surface area contributed by atoms with E-state index in [2.05, 4.69) is 20.9 Å². The standard InChI is InChI=1S/C10H12BrN3O2/c11-7-5-8(9(12)13-6-7)10(15)14-1-3-16-4-2-14/h5-6H,1-4H2,(H2,12,13). The highest BCUT2D eigenvalue weighted by molar-refractivity contribution is 9.10. The number of nitrogen functional groups attached to an aromatic ring is 1. The molecular formula is C10H12BrN3O2. The van der Waals surface area contributed by atoms with Crippen molar-refractivity contribution in [3.63, 3.8) is 0 Å². The largest absolute Gasteiger partial charge is 0.383 e. The molecule has 0 radical (unpaired) electrons. The Kier molecular flexibility index (Phi) is 3.40. The van der Waals surface area contributed by atoms with Gasteiger partial charge < -0.3 is 15.4 Å². The van der Waals surface area contributed by atoms with Crippen LogP contribution in [0.2, 0.25) is 0 Å². The molecule has 0 aliphatic carbocycles. The number of pyridine rings is 1. The van der Waals surface area contributed by atoms with E-state index < -0.39 is 0 Å². The lowest BCUT2D eigenvalue weighted by Gasteiger charge is -2.27. The van der Waals surface area contributed by atoms with Crippen LogP contribution in [0.3, 0.4) is 0 Å². The molecule has 16 heavy (non-hydrogen) atoms. The lowest BCUT2D eigenvalue weighted by atomic mass is 10.2. The molecule has 0 bridgehead atoms. The molecule has 6 heteroatoms. The predicted molar refractivity (Wildman–Crippen MR) is 63.1 cm³/mol. The van der Waals surface area contributed by atoms with Gasteiger partial charge in [-0.1, -0.05) is 0 Å². The van der Waals surface area contributed by atoms with E-state index in [1.165, 1.54) is 0 Å². The molecule has 0 spiro atoms. The number of nitrogens with zero attached hydrogens (tertiary/aromatic N) is 2. The summed E-state index contributed by atoms with van der Waals surface area (Å²) in [5.74, 6) is 0.175. The number of carbonyl (C=O) groups excluding carboxylic acids is 1. The van der Waals surface area contributed by atoms with E-state index in [1.54, 1.807) is 17.2 Å². The number of anilines is 1. The summed E-state index contributed by atoms with van der Waals surface area (Å²) >= 11 is 3.28. The maximum Gasteiger partial charge on any atom is 0.257 e. The van der Waals surface area contributed by atoms with Crippen molar-refractivity contribution in [2.45, 2.75) is 0 Å². The quantitative estimate of drug-likeness (QED) is 0.832. The number of amides is 1. The number of carbonyl (C=O) groups is 1. The average molecular weight is 286 g/mol. The molecule has 0 atom stereocenters. The minimum Gasteiger partial charge on any atom is -0.383 e. The van der Waals surface area contributed by atoms with Gasteiger partial charge in [0.25, 0.3) is 5.91 Å². The monoisotopic (exact) mass is 285 g/mol. The molecule has 1 saturated heterocycles. The van der Waals surface area contributed by atoms with Crippen molar-refractivity contribution in [2.24, 2.45) is 0 Å². The second-order valence-corrected chi connectivity index (χ2v) is 4.41. The molecule has 0 unspecified atom stereocenters. The van der Waals surface area contributed by atoms with E-state index in [4.69, 9.17) is 10.5 Å². The summed E-state index contributed by atoms with van der Waals surface area (Å²) in [5, 5.41) is 0. The summed E-state index contributed by atoms with van der Waals surface area (Å²) in [7, 11) is 0. The molecule has 1 aliphatic heterocycles. The van der Waals surface area contributed by atoms with Gasteiger partial charge in [0.15, 0.2) is 0 Å². The predicted octanol–water partition coefficient (Wildman–Crippen LogP) is 0.899. The normalized spacial score (nSPS) is 16.2. The summed E-state index contributed by atoms with van der Waals surface area (Å²) in [5.41, 5.74) is 6.13. The first kappa shape index (κ1) is 11.3. The average Bonchev–Trinajstić information content (AvgIpc) is 2.32. The maximum absolute atomic E-state index is 12.1. The van der Waals surface area contributed by atoms with Crippen molar-refractivity contribution in [3.8, 4) is 0 Å². The third-order valence-electron chi connectivity index (χ3n) is 2.41. The summed E-state index contributed by atoms with van der Waals surface area (Å²) in [6.07, 6.45) is 1.57. The number of hydrogen-bond acceptors (Lipinski definition) is 4. The Bertz CT molecular complexity index is 405. The van der Waals surface area contributed by atoms with Crippen LogP contribution in [0.4, 0.5) is 5.82 Å². The first-order valence-electron chi connectivity index (χ1n) is 4.96. The first-order chi connectivity index (χ1) is 7.68. The zero-order chi connectivity index (χ0) is 11.5. The molecule has 1 fully saturated rings. The van der Waals surface area contributed by atoms with Crippen LogP contribution in [0.5, 0.6) is 0 Å². The molecule has 0 aromatic carbocycles. The molecule has 86 valence electrons. The minimum absolute atomic E-state index is 0.0883. The van der Waals surface area contributed by atoms with E-state index in [0.29, 0.717) is 31.9 Å². The van der Waals surface area contributed by atoms with E-state index in [9.17, 15) is 4.79 Å². The molecule has 2 rings (SSSR count). The highest BCUT2D eigenvalue weighted by atomic mass is 79.9. The van der Waals surface area contributed by atoms with Crippen LogP contribution in [0.15, 0.2) is 16.7 Å². The van der Waals surface area contributed by atoms with Gasteiger partial charge in [0.1, 0.15) is 5.82 Å². The summed E-state index contributed by atoms with van der Waals surface area (Å²) < 4.78 is 5.94. The Balaban J connectivity index is 2.22. The fourth-order valence-corrected chi connectivity index (χ4v) is 1.89. The van der Waals surface area contributed by atoms with Crippen molar-refractivity contribution in [1.29, 1.82) is 0 Å². The molecule has 1 aliphatic rings. The number of rotatable bonds is 1. The van der Waals surface area contributed by atoms with Crippen LogP contribution in [0.1, 0.15) is 10.4 Å². The third kappa shape index (κ3) is 2.33. The van der Waals surface area contributed by atoms with Gasteiger partial charge in [0, 0.05) is 23.8 Å².